The van der Waals surface area contributed by atoms with Crippen molar-refractivity contribution in [2.45, 2.75) is 32.4 Å². The average Bonchev–Trinajstić information content (AvgIpc) is 2.69. The monoisotopic (exact) mass is 499 g/mol. The normalized spacial score (nSPS) is 15.7. The van der Waals surface area contributed by atoms with E-state index in [4.69, 9.17) is 5.73 Å². The lowest BCUT2D eigenvalue weighted by Crippen LogP contribution is -2.33. The van der Waals surface area contributed by atoms with Crippen molar-refractivity contribution < 1.29 is 13.2 Å². The molecule has 0 aliphatic carbocycles. The maximum Gasteiger partial charge on any atom is 0.417 e. The summed E-state index contributed by atoms with van der Waals surface area (Å²) in [7, 11) is 0. The van der Waals surface area contributed by atoms with E-state index >= 15 is 0 Å². The summed E-state index contributed by atoms with van der Waals surface area (Å²) in [5.74, 6) is 0.637. The predicted molar refractivity (Wildman–Crippen MR) is 120 cm³/mol. The number of guanidine groups is 1. The molecule has 0 spiro atoms. The van der Waals surface area contributed by atoms with Crippen LogP contribution in [-0.4, -0.2) is 47.0 Å². The van der Waals surface area contributed by atoms with E-state index in [0.717, 1.165) is 32.2 Å². The van der Waals surface area contributed by atoms with Gasteiger partial charge < -0.3 is 21.3 Å². The molecule has 2 aromatic rings. The molecule has 0 unspecified atom stereocenters. The second-order valence-corrected chi connectivity index (χ2v) is 8.19. The highest BCUT2D eigenvalue weighted by Crippen LogP contribution is 2.36. The molecular formula is C20H25BrF3N7. The van der Waals surface area contributed by atoms with Crippen molar-refractivity contribution in [2.24, 2.45) is 10.7 Å². The van der Waals surface area contributed by atoms with Gasteiger partial charge in [0.25, 0.3) is 5.95 Å². The highest BCUT2D eigenvalue weighted by molar-refractivity contribution is 9.10. The van der Waals surface area contributed by atoms with Gasteiger partial charge in [-0.15, -0.1) is 0 Å². The molecule has 0 bridgehead atoms. The summed E-state index contributed by atoms with van der Waals surface area (Å²) in [6.07, 6.45) is -0.721. The van der Waals surface area contributed by atoms with Crippen molar-refractivity contribution in [1.82, 2.24) is 14.9 Å². The summed E-state index contributed by atoms with van der Waals surface area (Å²) in [6.45, 7) is 5.72. The first-order valence-corrected chi connectivity index (χ1v) is 10.8. The fourth-order valence-corrected chi connectivity index (χ4v) is 3.79. The summed E-state index contributed by atoms with van der Waals surface area (Å²) in [5, 5.41) is 5.93. The Hall–Kier alpha value is -2.40. The minimum absolute atomic E-state index is 0.0525. The molecule has 2 heterocycles. The average molecular weight is 500 g/mol. The van der Waals surface area contributed by atoms with Gasteiger partial charge in [-0.3, -0.25) is 0 Å². The van der Waals surface area contributed by atoms with Crippen molar-refractivity contribution in [2.75, 3.05) is 36.8 Å². The molecule has 0 amide bonds. The van der Waals surface area contributed by atoms with Gasteiger partial charge in [0.2, 0.25) is 5.96 Å². The van der Waals surface area contributed by atoms with Crippen molar-refractivity contribution in [3.63, 3.8) is 0 Å². The number of benzene rings is 1. The summed E-state index contributed by atoms with van der Waals surface area (Å²) in [5.41, 5.74) is 5.92. The number of hydrogen-bond acceptors (Lipinski definition) is 5. The smallest absolute Gasteiger partial charge is 0.369 e. The van der Waals surface area contributed by atoms with Gasteiger partial charge in [0.15, 0.2) is 0 Å². The third-order valence-electron chi connectivity index (χ3n) is 4.79. The fourth-order valence-electron chi connectivity index (χ4n) is 3.32. The zero-order valence-electron chi connectivity index (χ0n) is 17.1. The molecule has 3 rings (SSSR count). The van der Waals surface area contributed by atoms with E-state index < -0.39 is 11.7 Å². The molecule has 0 saturated carbocycles. The number of nitrogens with zero attached hydrogens (tertiary/aromatic N) is 4. The first kappa shape index (κ1) is 23.3. The van der Waals surface area contributed by atoms with Gasteiger partial charge in [-0.05, 0) is 51.1 Å². The molecular weight excluding hydrogens is 475 g/mol. The molecule has 0 atom stereocenters. The van der Waals surface area contributed by atoms with Gasteiger partial charge in [0, 0.05) is 35.0 Å². The number of halogens is 4. The molecule has 1 aliphatic rings. The van der Waals surface area contributed by atoms with Crippen LogP contribution < -0.4 is 16.4 Å². The van der Waals surface area contributed by atoms with Gasteiger partial charge in [-0.1, -0.05) is 22.4 Å². The quantitative estimate of drug-likeness (QED) is 0.399. The van der Waals surface area contributed by atoms with Gasteiger partial charge >= 0.3 is 6.18 Å². The van der Waals surface area contributed by atoms with E-state index in [0.29, 0.717) is 11.5 Å². The van der Waals surface area contributed by atoms with Crippen LogP contribution in [-0.2, 0) is 6.18 Å². The van der Waals surface area contributed by atoms with Crippen LogP contribution in [0.3, 0.4) is 0 Å². The third kappa shape index (κ3) is 7.06. The maximum absolute atomic E-state index is 13.1. The van der Waals surface area contributed by atoms with Crippen molar-refractivity contribution in [3.8, 4) is 0 Å². The largest absolute Gasteiger partial charge is 0.417 e. The lowest BCUT2D eigenvalue weighted by Gasteiger charge is -2.26. The number of anilines is 2. The summed E-state index contributed by atoms with van der Waals surface area (Å²) >= 11 is 2.91. The molecule has 0 radical (unpaired) electrons. The highest BCUT2D eigenvalue weighted by Gasteiger charge is 2.33. The number of alkyl halides is 3. The summed E-state index contributed by atoms with van der Waals surface area (Å²) < 4.78 is 39.2. The van der Waals surface area contributed by atoms with Crippen LogP contribution >= 0.6 is 15.9 Å². The van der Waals surface area contributed by atoms with Crippen LogP contribution in [0.1, 0.15) is 30.5 Å². The first-order chi connectivity index (χ1) is 14.7. The molecule has 1 saturated heterocycles. The van der Waals surface area contributed by atoms with E-state index in [2.05, 4.69) is 46.4 Å². The Morgan fingerprint density at radius 3 is 2.65 bits per heavy atom. The maximum atomic E-state index is 13.1. The second-order valence-electron chi connectivity index (χ2n) is 7.34. The number of aryl methyl sites for hydroxylation is 1. The van der Waals surface area contributed by atoms with Crippen LogP contribution in [0.4, 0.5) is 30.6 Å². The minimum Gasteiger partial charge on any atom is -0.369 e. The molecule has 1 aliphatic heterocycles. The molecule has 4 N–H and O–H groups in total. The molecule has 168 valence electrons. The van der Waals surface area contributed by atoms with E-state index in [1.54, 1.807) is 0 Å². The Balaban J connectivity index is 1.65. The van der Waals surface area contributed by atoms with Crippen molar-refractivity contribution in [1.29, 1.82) is 0 Å². The van der Waals surface area contributed by atoms with Crippen LogP contribution in [0, 0.1) is 6.92 Å². The van der Waals surface area contributed by atoms with Crippen LogP contribution in [0.25, 0.3) is 0 Å². The van der Waals surface area contributed by atoms with E-state index in [9.17, 15) is 13.2 Å². The number of piperidine rings is 1. The first-order valence-electron chi connectivity index (χ1n) is 10.0. The zero-order chi connectivity index (χ0) is 22.4. The van der Waals surface area contributed by atoms with E-state index in [-0.39, 0.29) is 22.1 Å². The van der Waals surface area contributed by atoms with E-state index in [1.165, 1.54) is 31.4 Å². The SMILES string of the molecule is Cc1cc(NCCN2CCCCC2)nc(/N=C(\N)Nc2ccc(Br)c(C(F)(F)F)c2)n1. The Morgan fingerprint density at radius 1 is 1.19 bits per heavy atom. The number of likely N-dealkylation sites (tertiary alicyclic amines) is 1. The lowest BCUT2D eigenvalue weighted by atomic mass is 10.1. The van der Waals surface area contributed by atoms with Crippen LogP contribution in [0.2, 0.25) is 0 Å². The van der Waals surface area contributed by atoms with Gasteiger partial charge in [0.1, 0.15) is 5.82 Å². The number of nitrogens with two attached hydrogens (primary N) is 1. The van der Waals surface area contributed by atoms with Gasteiger partial charge in [-0.25, -0.2) is 4.98 Å². The third-order valence-corrected chi connectivity index (χ3v) is 5.48. The number of aromatic nitrogens is 2. The predicted octanol–water partition coefficient (Wildman–Crippen LogP) is 4.52. The number of hydrogen-bond donors (Lipinski definition) is 3. The molecule has 1 fully saturated rings. The van der Waals surface area contributed by atoms with Crippen molar-refractivity contribution in [3.05, 3.63) is 40.0 Å². The Bertz CT molecular complexity index is 927. The lowest BCUT2D eigenvalue weighted by molar-refractivity contribution is -0.138. The molecule has 31 heavy (non-hydrogen) atoms. The molecule has 1 aromatic carbocycles. The number of nitrogens with one attached hydrogen (secondary N) is 2. The highest BCUT2D eigenvalue weighted by atomic mass is 79.9. The fraction of sp³-hybridized carbons (Fsp3) is 0.450. The van der Waals surface area contributed by atoms with Gasteiger partial charge in [0.05, 0.1) is 5.56 Å². The topological polar surface area (TPSA) is 91.5 Å². The summed E-state index contributed by atoms with van der Waals surface area (Å²) in [4.78, 5) is 15.1. The second kappa shape index (κ2) is 10.3. The van der Waals surface area contributed by atoms with Crippen molar-refractivity contribution >= 4 is 39.3 Å². The molecule has 7 nitrogen and oxygen atoms in total. The summed E-state index contributed by atoms with van der Waals surface area (Å²) in [6, 6.07) is 5.53. The molecule has 11 heteroatoms. The Kier molecular flexibility index (Phi) is 7.71. The van der Waals surface area contributed by atoms with Gasteiger partial charge in [-0.2, -0.15) is 23.1 Å². The number of rotatable bonds is 6. The zero-order valence-corrected chi connectivity index (χ0v) is 18.7. The van der Waals surface area contributed by atoms with Crippen LogP contribution in [0.5, 0.6) is 0 Å². The number of aliphatic imine (C=N–C) groups is 1. The minimum atomic E-state index is -4.49. The van der Waals surface area contributed by atoms with Crippen LogP contribution in [0.15, 0.2) is 33.7 Å². The Labute approximate surface area is 187 Å². The van der Waals surface area contributed by atoms with E-state index in [1.807, 2.05) is 13.0 Å². The standard InChI is InChI=1S/C20H25BrF3N7/c1-13-11-17(26-7-10-31-8-3-2-4-9-31)29-19(27-13)30-18(25)28-14-5-6-16(21)15(12-14)20(22,23)24/h5-6,11-12H,2-4,7-10H2,1H3,(H4,25,26,27,28,29,30). The molecule has 1 aromatic heterocycles. The Morgan fingerprint density at radius 2 is 1.94 bits per heavy atom.